The summed E-state index contributed by atoms with van der Waals surface area (Å²) in [6, 6.07) is 12.8. The number of nitrogens with zero attached hydrogens (tertiary/aromatic N) is 2. The first kappa shape index (κ1) is 19.9. The molecule has 0 saturated carbocycles. The molecule has 6 nitrogen and oxygen atoms in total. The fourth-order valence-electron chi connectivity index (χ4n) is 3.17. The zero-order valence-corrected chi connectivity index (χ0v) is 16.9. The molecule has 1 aliphatic heterocycles. The summed E-state index contributed by atoms with van der Waals surface area (Å²) in [5.74, 6) is 0.411. The summed E-state index contributed by atoms with van der Waals surface area (Å²) in [6.07, 6.45) is 0.338. The van der Waals surface area contributed by atoms with Gasteiger partial charge in [0, 0.05) is 17.8 Å². The second kappa shape index (κ2) is 8.44. The van der Waals surface area contributed by atoms with E-state index in [1.54, 1.807) is 36.1 Å². The monoisotopic (exact) mass is 381 g/mol. The van der Waals surface area contributed by atoms with Crippen LogP contribution in [0.15, 0.2) is 42.5 Å². The van der Waals surface area contributed by atoms with Crippen LogP contribution in [0.3, 0.4) is 0 Å². The molecule has 2 amide bonds. The number of hydrogen-bond acceptors (Lipinski definition) is 4. The third kappa shape index (κ3) is 4.51. The molecule has 0 fully saturated rings. The molecule has 1 N–H and O–H groups in total. The molecule has 28 heavy (non-hydrogen) atoms. The first-order valence-electron chi connectivity index (χ1n) is 9.50. The van der Waals surface area contributed by atoms with Crippen molar-refractivity contribution in [2.24, 2.45) is 0 Å². The van der Waals surface area contributed by atoms with E-state index >= 15 is 0 Å². The Morgan fingerprint density at radius 2 is 1.89 bits per heavy atom. The molecular weight excluding hydrogens is 354 g/mol. The summed E-state index contributed by atoms with van der Waals surface area (Å²) in [5.41, 5.74) is 3.02. The maximum absolute atomic E-state index is 12.7. The van der Waals surface area contributed by atoms with Gasteiger partial charge in [-0.2, -0.15) is 0 Å². The van der Waals surface area contributed by atoms with Gasteiger partial charge in [-0.15, -0.1) is 0 Å². The van der Waals surface area contributed by atoms with Crippen molar-refractivity contribution >= 4 is 23.2 Å². The number of aryl methyl sites for hydroxylation is 1. The second-order valence-electron chi connectivity index (χ2n) is 7.41. The maximum atomic E-state index is 12.7. The van der Waals surface area contributed by atoms with E-state index in [4.69, 9.17) is 4.74 Å². The standard InChI is InChI=1S/C22H27N3O3/c1-15-6-8-17(9-7-15)21(26)23-18-10-11-20-19(14-18)25(13-5-12-24(3)4)22(27)16(2)28-20/h6-11,14,16H,5,12-13H2,1-4H3,(H,23,26). The number of rotatable bonds is 6. The van der Waals surface area contributed by atoms with Gasteiger partial charge in [0.05, 0.1) is 5.69 Å². The Bertz CT molecular complexity index is 862. The molecule has 1 atom stereocenters. The van der Waals surface area contributed by atoms with Gasteiger partial charge in [0.15, 0.2) is 6.10 Å². The number of hydrogen-bond donors (Lipinski definition) is 1. The molecule has 3 rings (SSSR count). The average molecular weight is 381 g/mol. The van der Waals surface area contributed by atoms with E-state index in [0.29, 0.717) is 29.2 Å². The number of nitrogens with one attached hydrogen (secondary N) is 1. The normalized spacial score (nSPS) is 16.0. The Morgan fingerprint density at radius 3 is 2.57 bits per heavy atom. The molecule has 1 aliphatic rings. The molecule has 0 radical (unpaired) electrons. The molecule has 2 aromatic carbocycles. The highest BCUT2D eigenvalue weighted by atomic mass is 16.5. The highest BCUT2D eigenvalue weighted by molar-refractivity contribution is 6.05. The number of carbonyl (C=O) groups is 2. The summed E-state index contributed by atoms with van der Waals surface area (Å²) in [5, 5.41) is 2.91. The zero-order chi connectivity index (χ0) is 20.3. The van der Waals surface area contributed by atoms with Crippen LogP contribution < -0.4 is 15.0 Å². The van der Waals surface area contributed by atoms with Crippen LogP contribution in [0.2, 0.25) is 0 Å². The van der Waals surface area contributed by atoms with Gasteiger partial charge < -0.3 is 19.9 Å². The van der Waals surface area contributed by atoms with E-state index in [1.807, 2.05) is 39.2 Å². The van der Waals surface area contributed by atoms with Crippen LogP contribution in [-0.2, 0) is 4.79 Å². The molecule has 0 saturated heterocycles. The highest BCUT2D eigenvalue weighted by Gasteiger charge is 2.31. The van der Waals surface area contributed by atoms with E-state index in [1.165, 1.54) is 0 Å². The van der Waals surface area contributed by atoms with E-state index in [0.717, 1.165) is 18.5 Å². The Hall–Kier alpha value is -2.86. The van der Waals surface area contributed by atoms with Crippen molar-refractivity contribution in [2.75, 3.05) is 37.4 Å². The van der Waals surface area contributed by atoms with Crippen LogP contribution in [0.25, 0.3) is 0 Å². The largest absolute Gasteiger partial charge is 0.479 e. The lowest BCUT2D eigenvalue weighted by atomic mass is 10.1. The SMILES string of the molecule is Cc1ccc(C(=O)Nc2ccc3c(c2)N(CCCN(C)C)C(=O)C(C)O3)cc1. The van der Waals surface area contributed by atoms with Crippen molar-refractivity contribution in [3.63, 3.8) is 0 Å². The number of anilines is 2. The quantitative estimate of drug-likeness (QED) is 0.834. The molecule has 6 heteroatoms. The van der Waals surface area contributed by atoms with Gasteiger partial charge in [0.25, 0.3) is 11.8 Å². The average Bonchev–Trinajstić information content (AvgIpc) is 2.65. The number of carbonyl (C=O) groups excluding carboxylic acids is 2. The van der Waals surface area contributed by atoms with Crippen molar-refractivity contribution in [1.29, 1.82) is 0 Å². The summed E-state index contributed by atoms with van der Waals surface area (Å²) in [6.45, 7) is 5.23. The Balaban J connectivity index is 1.80. The van der Waals surface area contributed by atoms with Gasteiger partial charge >= 0.3 is 0 Å². The van der Waals surface area contributed by atoms with Gasteiger partial charge in [-0.3, -0.25) is 9.59 Å². The van der Waals surface area contributed by atoms with E-state index in [2.05, 4.69) is 10.2 Å². The fraction of sp³-hybridized carbons (Fsp3) is 0.364. The second-order valence-corrected chi connectivity index (χ2v) is 7.41. The lowest BCUT2D eigenvalue weighted by Crippen LogP contribution is -2.45. The van der Waals surface area contributed by atoms with Crippen LogP contribution in [0, 0.1) is 6.92 Å². The molecule has 0 aromatic heterocycles. The van der Waals surface area contributed by atoms with E-state index < -0.39 is 6.10 Å². The predicted octanol–water partition coefficient (Wildman–Crippen LogP) is 3.31. The lowest BCUT2D eigenvalue weighted by Gasteiger charge is -2.33. The van der Waals surface area contributed by atoms with Crippen LogP contribution in [0.4, 0.5) is 11.4 Å². The van der Waals surface area contributed by atoms with Crippen molar-refractivity contribution in [3.05, 3.63) is 53.6 Å². The van der Waals surface area contributed by atoms with E-state index in [9.17, 15) is 9.59 Å². The minimum absolute atomic E-state index is 0.0618. The van der Waals surface area contributed by atoms with Gasteiger partial charge in [-0.1, -0.05) is 17.7 Å². The first-order chi connectivity index (χ1) is 13.3. The third-order valence-electron chi connectivity index (χ3n) is 4.73. The minimum Gasteiger partial charge on any atom is -0.479 e. The molecule has 0 bridgehead atoms. The number of fused-ring (bicyclic) bond motifs is 1. The molecular formula is C22H27N3O3. The van der Waals surface area contributed by atoms with Crippen LogP contribution in [0.1, 0.15) is 29.3 Å². The van der Waals surface area contributed by atoms with Gasteiger partial charge in [-0.05, 0) is 71.2 Å². The van der Waals surface area contributed by atoms with Gasteiger partial charge in [0.1, 0.15) is 5.75 Å². The van der Waals surface area contributed by atoms with Crippen molar-refractivity contribution < 1.29 is 14.3 Å². The molecule has 1 heterocycles. The molecule has 148 valence electrons. The summed E-state index contributed by atoms with van der Waals surface area (Å²) < 4.78 is 5.75. The van der Waals surface area contributed by atoms with E-state index in [-0.39, 0.29) is 11.8 Å². The summed E-state index contributed by atoms with van der Waals surface area (Å²) in [7, 11) is 4.02. The Morgan fingerprint density at radius 1 is 1.18 bits per heavy atom. The topological polar surface area (TPSA) is 61.9 Å². The number of amides is 2. The van der Waals surface area contributed by atoms with Crippen LogP contribution in [0.5, 0.6) is 5.75 Å². The maximum Gasteiger partial charge on any atom is 0.267 e. The van der Waals surface area contributed by atoms with Crippen molar-refractivity contribution in [1.82, 2.24) is 4.90 Å². The Kier molecular flexibility index (Phi) is 5.99. The van der Waals surface area contributed by atoms with Crippen LogP contribution in [-0.4, -0.2) is 50.0 Å². The fourth-order valence-corrected chi connectivity index (χ4v) is 3.17. The van der Waals surface area contributed by atoms with Gasteiger partial charge in [-0.25, -0.2) is 0 Å². The molecule has 2 aromatic rings. The lowest BCUT2D eigenvalue weighted by molar-refractivity contribution is -0.125. The smallest absolute Gasteiger partial charge is 0.267 e. The molecule has 0 spiro atoms. The first-order valence-corrected chi connectivity index (χ1v) is 9.50. The predicted molar refractivity (Wildman–Crippen MR) is 111 cm³/mol. The minimum atomic E-state index is -0.514. The van der Waals surface area contributed by atoms with Crippen LogP contribution >= 0.6 is 0 Å². The number of benzene rings is 2. The summed E-state index contributed by atoms with van der Waals surface area (Å²) in [4.78, 5) is 29.0. The molecule has 1 unspecified atom stereocenters. The van der Waals surface area contributed by atoms with Crippen molar-refractivity contribution in [2.45, 2.75) is 26.4 Å². The zero-order valence-electron chi connectivity index (χ0n) is 16.9. The Labute approximate surface area is 166 Å². The number of ether oxygens (including phenoxy) is 1. The third-order valence-corrected chi connectivity index (χ3v) is 4.73. The van der Waals surface area contributed by atoms with Gasteiger partial charge in [0.2, 0.25) is 0 Å². The summed E-state index contributed by atoms with van der Waals surface area (Å²) >= 11 is 0. The van der Waals surface area contributed by atoms with Crippen molar-refractivity contribution in [3.8, 4) is 5.75 Å². The highest BCUT2D eigenvalue weighted by Crippen LogP contribution is 2.36. The molecule has 0 aliphatic carbocycles.